The fraction of sp³-hybridized carbons (Fsp3) is 0.346. The van der Waals surface area contributed by atoms with E-state index in [1.54, 1.807) is 25.4 Å². The van der Waals surface area contributed by atoms with Gasteiger partial charge in [0.25, 0.3) is 5.91 Å². The monoisotopic (exact) mass is 494 g/mol. The van der Waals surface area contributed by atoms with Gasteiger partial charge in [-0.1, -0.05) is 25.1 Å². The Balaban J connectivity index is 1.90. The predicted octanol–water partition coefficient (Wildman–Crippen LogP) is 3.54. The number of aromatic nitrogens is 2. The summed E-state index contributed by atoms with van der Waals surface area (Å²) in [5, 5.41) is 12.7. The van der Waals surface area contributed by atoms with E-state index >= 15 is 0 Å². The molecular formula is C26H30N4O4S. The Kier molecular flexibility index (Phi) is 7.59. The summed E-state index contributed by atoms with van der Waals surface area (Å²) < 4.78 is 27.3. The molecule has 4 rings (SSSR count). The van der Waals surface area contributed by atoms with Gasteiger partial charge in [0.05, 0.1) is 17.5 Å². The molecule has 1 aliphatic rings. The molecule has 0 unspecified atom stereocenters. The second-order valence-corrected chi connectivity index (χ2v) is 10.7. The zero-order chi connectivity index (χ0) is 25.0. The van der Waals surface area contributed by atoms with Crippen LogP contribution < -0.4 is 5.32 Å². The van der Waals surface area contributed by atoms with Gasteiger partial charge in [-0.15, -0.1) is 0 Å². The number of aliphatic hydroxyl groups excluding tert-OH is 1. The number of rotatable bonds is 9. The molecule has 0 aliphatic carbocycles. The smallest absolute Gasteiger partial charge is 0.269 e. The normalized spacial score (nSPS) is 15.7. The maximum Gasteiger partial charge on any atom is 0.269 e. The van der Waals surface area contributed by atoms with Crippen LogP contribution in [0.1, 0.15) is 54.3 Å². The van der Waals surface area contributed by atoms with E-state index in [1.807, 2.05) is 43.3 Å². The van der Waals surface area contributed by atoms with E-state index in [-0.39, 0.29) is 36.9 Å². The fourth-order valence-corrected chi connectivity index (χ4v) is 5.72. The summed E-state index contributed by atoms with van der Waals surface area (Å²) in [7, 11) is -3.55. The number of hydrogen-bond acceptors (Lipinski definition) is 6. The molecule has 1 atom stereocenters. The topological polar surface area (TPSA) is 112 Å². The van der Waals surface area contributed by atoms with E-state index in [2.05, 4.69) is 10.3 Å². The molecule has 3 aromatic rings. The number of aliphatic hydroxyl groups is 1. The summed E-state index contributed by atoms with van der Waals surface area (Å²) in [6.07, 6.45) is 4.48. The van der Waals surface area contributed by atoms with Gasteiger partial charge in [-0.3, -0.25) is 9.78 Å². The van der Waals surface area contributed by atoms with Gasteiger partial charge in [-0.2, -0.15) is 4.31 Å². The van der Waals surface area contributed by atoms with Crippen molar-refractivity contribution in [3.63, 3.8) is 0 Å². The number of carbonyl (C=O) groups is 1. The first-order valence-electron chi connectivity index (χ1n) is 11.8. The van der Waals surface area contributed by atoms with Crippen LogP contribution in [0.15, 0.2) is 54.9 Å². The van der Waals surface area contributed by atoms with Crippen LogP contribution in [-0.2, 0) is 16.6 Å². The highest BCUT2D eigenvalue weighted by Crippen LogP contribution is 2.43. The molecular weight excluding hydrogens is 464 g/mol. The number of carbonyl (C=O) groups excluding carboxylic acids is 1. The molecule has 184 valence electrons. The Hall–Kier alpha value is -3.14. The van der Waals surface area contributed by atoms with E-state index < -0.39 is 16.1 Å². The quantitative estimate of drug-likeness (QED) is 0.471. The molecule has 35 heavy (non-hydrogen) atoms. The number of pyridine rings is 2. The number of amides is 1. The van der Waals surface area contributed by atoms with Crippen LogP contribution in [0.4, 0.5) is 0 Å². The summed E-state index contributed by atoms with van der Waals surface area (Å²) in [5.74, 6) is -0.343. The average molecular weight is 495 g/mol. The van der Waals surface area contributed by atoms with E-state index in [9.17, 15) is 18.3 Å². The average Bonchev–Trinajstić information content (AvgIpc) is 3.27. The first-order chi connectivity index (χ1) is 16.9. The van der Waals surface area contributed by atoms with Crippen LogP contribution >= 0.6 is 0 Å². The van der Waals surface area contributed by atoms with Crippen molar-refractivity contribution in [1.82, 2.24) is 19.6 Å². The molecule has 8 nitrogen and oxygen atoms in total. The van der Waals surface area contributed by atoms with Crippen LogP contribution in [0.3, 0.4) is 0 Å². The zero-order valence-electron chi connectivity index (χ0n) is 19.9. The number of nitrogens with one attached hydrogen (secondary N) is 1. The van der Waals surface area contributed by atoms with Crippen LogP contribution in [0.5, 0.6) is 0 Å². The number of fused-ring (bicyclic) bond motifs is 1. The third kappa shape index (κ3) is 5.12. The van der Waals surface area contributed by atoms with Crippen molar-refractivity contribution in [2.24, 2.45) is 0 Å². The number of sulfonamides is 1. The van der Waals surface area contributed by atoms with Gasteiger partial charge in [-0.25, -0.2) is 13.4 Å². The molecule has 1 aliphatic heterocycles. The van der Waals surface area contributed by atoms with Gasteiger partial charge in [-0.05, 0) is 60.7 Å². The van der Waals surface area contributed by atoms with Crippen molar-refractivity contribution in [1.29, 1.82) is 0 Å². The van der Waals surface area contributed by atoms with E-state index in [4.69, 9.17) is 4.98 Å². The van der Waals surface area contributed by atoms with Gasteiger partial charge < -0.3 is 10.4 Å². The molecule has 0 spiro atoms. The summed E-state index contributed by atoms with van der Waals surface area (Å²) in [6, 6.07) is 12.7. The highest BCUT2D eigenvalue weighted by atomic mass is 32.2. The largest absolute Gasteiger partial charge is 0.396 e. The SMILES string of the molecule is CCCNC(=O)c1cc2c(c(-c3cccc(-c4ccncc4)c3)n1)[C@@H](CCO)N(S(=O)(=O)CC)C2. The van der Waals surface area contributed by atoms with Crippen LogP contribution in [0.25, 0.3) is 22.4 Å². The third-order valence-corrected chi connectivity index (χ3v) is 8.02. The lowest BCUT2D eigenvalue weighted by molar-refractivity contribution is 0.0948. The number of benzene rings is 1. The molecule has 0 saturated heterocycles. The van der Waals surface area contributed by atoms with Crippen LogP contribution in [0, 0.1) is 0 Å². The molecule has 1 amide bonds. The number of hydrogen-bond donors (Lipinski definition) is 2. The standard InChI is InChI=1S/C26H30N4O4S/c1-3-11-28-26(32)22-16-21-17-30(35(33,34)4-2)23(10-14-31)24(21)25(29-22)20-7-5-6-19(15-20)18-8-12-27-13-9-18/h5-9,12-13,15-16,23,31H,3-4,10-11,14,17H2,1-2H3,(H,28,32)/t23-/m1/s1. The van der Waals surface area contributed by atoms with Gasteiger partial charge >= 0.3 is 0 Å². The number of nitrogens with zero attached hydrogens (tertiary/aromatic N) is 3. The second kappa shape index (κ2) is 10.6. The van der Waals surface area contributed by atoms with Gasteiger partial charge in [0.2, 0.25) is 10.0 Å². The Morgan fingerprint density at radius 1 is 1.11 bits per heavy atom. The Morgan fingerprint density at radius 3 is 2.54 bits per heavy atom. The molecule has 1 aromatic carbocycles. The van der Waals surface area contributed by atoms with Crippen molar-refractivity contribution >= 4 is 15.9 Å². The molecule has 0 bridgehead atoms. The minimum atomic E-state index is -3.55. The molecule has 2 N–H and O–H groups in total. The summed E-state index contributed by atoms with van der Waals surface area (Å²) >= 11 is 0. The first kappa shape index (κ1) is 25.0. The second-order valence-electron chi connectivity index (χ2n) is 8.48. The predicted molar refractivity (Wildman–Crippen MR) is 135 cm³/mol. The van der Waals surface area contributed by atoms with Gasteiger partial charge in [0.1, 0.15) is 5.69 Å². The zero-order valence-corrected chi connectivity index (χ0v) is 20.8. The maximum atomic E-state index is 12.9. The van der Waals surface area contributed by atoms with Crippen molar-refractivity contribution in [2.45, 2.75) is 39.3 Å². The highest BCUT2D eigenvalue weighted by Gasteiger charge is 2.39. The van der Waals surface area contributed by atoms with Crippen molar-refractivity contribution in [3.05, 3.63) is 71.7 Å². The van der Waals surface area contributed by atoms with Gasteiger partial charge in [0.15, 0.2) is 0 Å². The van der Waals surface area contributed by atoms with Crippen LogP contribution in [-0.4, -0.2) is 52.6 Å². The molecule has 3 heterocycles. The lowest BCUT2D eigenvalue weighted by Crippen LogP contribution is -2.31. The van der Waals surface area contributed by atoms with E-state index in [1.165, 1.54) is 4.31 Å². The van der Waals surface area contributed by atoms with Crippen molar-refractivity contribution in [2.75, 3.05) is 18.9 Å². The molecule has 0 saturated carbocycles. The van der Waals surface area contributed by atoms with E-state index in [0.29, 0.717) is 12.2 Å². The lowest BCUT2D eigenvalue weighted by atomic mass is 9.94. The third-order valence-electron chi connectivity index (χ3n) is 6.19. The summed E-state index contributed by atoms with van der Waals surface area (Å²) in [6.45, 7) is 4.07. The summed E-state index contributed by atoms with van der Waals surface area (Å²) in [5.41, 5.74) is 5.01. The minimum Gasteiger partial charge on any atom is -0.396 e. The maximum absolute atomic E-state index is 12.9. The van der Waals surface area contributed by atoms with E-state index in [0.717, 1.165) is 34.2 Å². The van der Waals surface area contributed by atoms with Crippen LogP contribution in [0.2, 0.25) is 0 Å². The Bertz CT molecular complexity index is 1310. The lowest BCUT2D eigenvalue weighted by Gasteiger charge is -2.24. The molecule has 0 fully saturated rings. The molecule has 2 aromatic heterocycles. The molecule has 0 radical (unpaired) electrons. The fourth-order valence-electron chi connectivity index (χ4n) is 4.46. The molecule has 9 heteroatoms. The Labute approximate surface area is 206 Å². The highest BCUT2D eigenvalue weighted by molar-refractivity contribution is 7.89. The first-order valence-corrected chi connectivity index (χ1v) is 13.4. The minimum absolute atomic E-state index is 0.0486. The van der Waals surface area contributed by atoms with Crippen molar-refractivity contribution in [3.8, 4) is 22.4 Å². The van der Waals surface area contributed by atoms with Crippen molar-refractivity contribution < 1.29 is 18.3 Å². The van der Waals surface area contributed by atoms with Gasteiger partial charge in [0, 0.05) is 43.2 Å². The summed E-state index contributed by atoms with van der Waals surface area (Å²) in [4.78, 5) is 21.7. The Morgan fingerprint density at radius 2 is 1.86 bits per heavy atom.